The Balaban J connectivity index is 1.53. The van der Waals surface area contributed by atoms with Gasteiger partial charge in [0.05, 0.1) is 12.2 Å². The molecule has 0 fully saturated rings. The maximum Gasteiger partial charge on any atom is 0.265 e. The Labute approximate surface area is 161 Å². The van der Waals surface area contributed by atoms with Gasteiger partial charge in [-0.05, 0) is 30.3 Å². The minimum absolute atomic E-state index is 0.0593. The molecule has 0 unspecified atom stereocenters. The molecule has 1 N–H and O–H groups in total. The normalized spacial score (nSPS) is 12.8. The van der Waals surface area contributed by atoms with Gasteiger partial charge in [-0.25, -0.2) is 4.39 Å². The number of benzene rings is 2. The smallest absolute Gasteiger partial charge is 0.265 e. The van der Waals surface area contributed by atoms with Crippen LogP contribution in [-0.4, -0.2) is 49.4 Å². The van der Waals surface area contributed by atoms with E-state index in [4.69, 9.17) is 4.74 Å². The lowest BCUT2D eigenvalue weighted by atomic mass is 10.2. The molecular weight excluding hydrogens is 365 g/mol. The van der Waals surface area contributed by atoms with Gasteiger partial charge in [0.1, 0.15) is 11.6 Å². The van der Waals surface area contributed by atoms with Crippen molar-refractivity contribution in [1.82, 2.24) is 4.90 Å². The van der Waals surface area contributed by atoms with Crippen LogP contribution in [0, 0.1) is 5.82 Å². The van der Waals surface area contributed by atoms with Crippen molar-refractivity contribution in [2.24, 2.45) is 0 Å². The summed E-state index contributed by atoms with van der Waals surface area (Å²) in [4.78, 5) is 39.3. The molecule has 0 saturated heterocycles. The Morgan fingerprint density at radius 3 is 2.79 bits per heavy atom. The number of fused-ring (bicyclic) bond motifs is 1. The van der Waals surface area contributed by atoms with E-state index in [1.807, 2.05) is 6.07 Å². The molecule has 0 bridgehead atoms. The summed E-state index contributed by atoms with van der Waals surface area (Å²) in [6.07, 6.45) is 0.0593. The maximum absolute atomic E-state index is 13.2. The molecular formula is C20H20FN3O4. The predicted molar refractivity (Wildman–Crippen MR) is 102 cm³/mol. The molecule has 8 heteroatoms. The molecule has 3 amide bonds. The van der Waals surface area contributed by atoms with E-state index in [9.17, 15) is 18.8 Å². The van der Waals surface area contributed by atoms with E-state index in [2.05, 4.69) is 5.32 Å². The zero-order valence-electron chi connectivity index (χ0n) is 15.4. The van der Waals surface area contributed by atoms with Gasteiger partial charge in [-0.3, -0.25) is 14.4 Å². The molecule has 0 aliphatic carbocycles. The summed E-state index contributed by atoms with van der Waals surface area (Å²) < 4.78 is 18.5. The van der Waals surface area contributed by atoms with Crippen LogP contribution in [0.1, 0.15) is 6.42 Å². The van der Waals surface area contributed by atoms with Gasteiger partial charge in [0.25, 0.3) is 5.91 Å². The highest BCUT2D eigenvalue weighted by atomic mass is 19.1. The molecule has 7 nitrogen and oxygen atoms in total. The van der Waals surface area contributed by atoms with E-state index in [-0.39, 0.29) is 37.9 Å². The summed E-state index contributed by atoms with van der Waals surface area (Å²) in [6.45, 7) is -0.0615. The van der Waals surface area contributed by atoms with Gasteiger partial charge in [0.15, 0.2) is 6.61 Å². The summed E-state index contributed by atoms with van der Waals surface area (Å²) in [7, 11) is 1.50. The third-order valence-electron chi connectivity index (χ3n) is 4.27. The first kappa shape index (κ1) is 19.3. The summed E-state index contributed by atoms with van der Waals surface area (Å²) in [6, 6.07) is 12.6. The number of hydrogen-bond acceptors (Lipinski definition) is 4. The second-order valence-electron chi connectivity index (χ2n) is 6.36. The molecule has 0 aromatic heterocycles. The lowest BCUT2D eigenvalue weighted by molar-refractivity contribution is -0.133. The Bertz CT molecular complexity index is 903. The molecule has 1 aliphatic heterocycles. The van der Waals surface area contributed by atoms with Crippen LogP contribution in [0.5, 0.6) is 5.75 Å². The topological polar surface area (TPSA) is 79.0 Å². The number of anilines is 2. The van der Waals surface area contributed by atoms with Gasteiger partial charge in [0, 0.05) is 25.7 Å². The quantitative estimate of drug-likeness (QED) is 0.825. The van der Waals surface area contributed by atoms with E-state index in [0.717, 1.165) is 0 Å². The number of nitrogens with zero attached hydrogens (tertiary/aromatic N) is 2. The fourth-order valence-corrected chi connectivity index (χ4v) is 2.87. The van der Waals surface area contributed by atoms with Gasteiger partial charge >= 0.3 is 0 Å². The third-order valence-corrected chi connectivity index (χ3v) is 4.27. The molecule has 2 aromatic carbocycles. The molecule has 1 aliphatic rings. The SMILES string of the molecule is CN(CC(=O)Nc1cccc(F)c1)C(=O)CCN1C(=O)COc2ccccc21. The largest absolute Gasteiger partial charge is 0.482 e. The number of amides is 3. The number of nitrogens with one attached hydrogen (secondary N) is 1. The number of ether oxygens (including phenoxy) is 1. The highest BCUT2D eigenvalue weighted by molar-refractivity contribution is 5.98. The van der Waals surface area contributed by atoms with E-state index in [1.165, 1.54) is 35.0 Å². The zero-order valence-corrected chi connectivity index (χ0v) is 15.4. The third kappa shape index (κ3) is 4.64. The Kier molecular flexibility index (Phi) is 5.88. The highest BCUT2D eigenvalue weighted by Crippen LogP contribution is 2.31. The van der Waals surface area contributed by atoms with Gasteiger partial charge < -0.3 is 19.9 Å². The van der Waals surface area contributed by atoms with Gasteiger partial charge in [-0.15, -0.1) is 0 Å². The highest BCUT2D eigenvalue weighted by Gasteiger charge is 2.26. The Hall–Kier alpha value is -3.42. The lowest BCUT2D eigenvalue weighted by Crippen LogP contribution is -2.42. The fraction of sp³-hybridized carbons (Fsp3) is 0.250. The number of rotatable bonds is 6. The van der Waals surface area contributed by atoms with Crippen LogP contribution in [0.25, 0.3) is 0 Å². The molecule has 3 rings (SSSR count). The molecule has 0 radical (unpaired) electrons. The number of likely N-dealkylation sites (N-methyl/N-ethyl adjacent to an activating group) is 1. The predicted octanol–water partition coefficient (Wildman–Crippen LogP) is 2.04. The summed E-state index contributed by atoms with van der Waals surface area (Å²) in [5.74, 6) is -0.812. The molecule has 0 saturated carbocycles. The van der Waals surface area contributed by atoms with Crippen LogP contribution in [-0.2, 0) is 14.4 Å². The lowest BCUT2D eigenvalue weighted by Gasteiger charge is -2.29. The van der Waals surface area contributed by atoms with Crippen molar-refractivity contribution in [2.45, 2.75) is 6.42 Å². The number of carbonyl (C=O) groups excluding carboxylic acids is 3. The minimum atomic E-state index is -0.460. The summed E-state index contributed by atoms with van der Waals surface area (Å²) in [5.41, 5.74) is 0.944. The van der Waals surface area contributed by atoms with Gasteiger partial charge in [-0.2, -0.15) is 0 Å². The monoisotopic (exact) mass is 385 g/mol. The van der Waals surface area contributed by atoms with Crippen LogP contribution >= 0.6 is 0 Å². The van der Waals surface area contributed by atoms with E-state index in [0.29, 0.717) is 17.1 Å². The second kappa shape index (κ2) is 8.51. The van der Waals surface area contributed by atoms with Crippen molar-refractivity contribution in [2.75, 3.05) is 37.0 Å². The van der Waals surface area contributed by atoms with Crippen LogP contribution in [0.2, 0.25) is 0 Å². The van der Waals surface area contributed by atoms with Crippen LogP contribution in [0.15, 0.2) is 48.5 Å². The van der Waals surface area contributed by atoms with Crippen molar-refractivity contribution >= 4 is 29.1 Å². The number of halogens is 1. The molecule has 0 spiro atoms. The van der Waals surface area contributed by atoms with Crippen molar-refractivity contribution in [3.8, 4) is 5.75 Å². The van der Waals surface area contributed by atoms with Gasteiger partial charge in [0.2, 0.25) is 11.8 Å². The van der Waals surface area contributed by atoms with E-state index in [1.54, 1.807) is 24.3 Å². The van der Waals surface area contributed by atoms with Crippen LogP contribution < -0.4 is 15.0 Å². The van der Waals surface area contributed by atoms with Crippen molar-refractivity contribution < 1.29 is 23.5 Å². The Morgan fingerprint density at radius 2 is 2.00 bits per heavy atom. The molecule has 2 aromatic rings. The van der Waals surface area contributed by atoms with Gasteiger partial charge in [-0.1, -0.05) is 18.2 Å². The van der Waals surface area contributed by atoms with Crippen molar-refractivity contribution in [3.05, 3.63) is 54.3 Å². The molecule has 0 atom stereocenters. The maximum atomic E-state index is 13.2. The summed E-state index contributed by atoms with van der Waals surface area (Å²) in [5, 5.41) is 2.54. The minimum Gasteiger partial charge on any atom is -0.482 e. The van der Waals surface area contributed by atoms with Crippen molar-refractivity contribution in [3.63, 3.8) is 0 Å². The molecule has 28 heavy (non-hydrogen) atoms. The average molecular weight is 385 g/mol. The molecule has 1 heterocycles. The number of carbonyl (C=O) groups is 3. The second-order valence-corrected chi connectivity index (χ2v) is 6.36. The van der Waals surface area contributed by atoms with E-state index < -0.39 is 11.7 Å². The molecule has 146 valence electrons. The number of para-hydroxylation sites is 2. The first-order chi connectivity index (χ1) is 13.4. The Morgan fingerprint density at radius 1 is 1.21 bits per heavy atom. The average Bonchev–Trinajstić information content (AvgIpc) is 2.66. The standard InChI is InChI=1S/C20H20FN3O4/c1-23(12-18(25)22-15-6-4-5-14(21)11-15)19(26)9-10-24-16-7-2-3-8-17(16)28-13-20(24)27/h2-8,11H,9-10,12-13H2,1H3,(H,22,25). The first-order valence-electron chi connectivity index (χ1n) is 8.75. The fourth-order valence-electron chi connectivity index (χ4n) is 2.87. The summed E-state index contributed by atoms with van der Waals surface area (Å²) >= 11 is 0. The van der Waals surface area contributed by atoms with Crippen molar-refractivity contribution in [1.29, 1.82) is 0 Å². The first-order valence-corrected chi connectivity index (χ1v) is 8.75. The number of hydrogen-bond donors (Lipinski definition) is 1. The van der Waals surface area contributed by atoms with Crippen LogP contribution in [0.4, 0.5) is 15.8 Å². The zero-order chi connectivity index (χ0) is 20.1. The van der Waals surface area contributed by atoms with E-state index >= 15 is 0 Å². The van der Waals surface area contributed by atoms with Crippen LogP contribution in [0.3, 0.4) is 0 Å².